The zero-order valence-electron chi connectivity index (χ0n) is 10.5. The minimum atomic E-state index is 0.809. The van der Waals surface area contributed by atoms with Crippen molar-refractivity contribution in [3.8, 4) is 0 Å². The molecule has 0 fully saturated rings. The predicted molar refractivity (Wildman–Crippen MR) is 74.0 cm³/mol. The Labute approximate surface area is 104 Å². The summed E-state index contributed by atoms with van der Waals surface area (Å²) in [5.74, 6) is 0. The number of fused-ring (bicyclic) bond motifs is 1. The van der Waals surface area contributed by atoms with Gasteiger partial charge in [-0.05, 0) is 26.0 Å². The Balaban J connectivity index is 2.26. The van der Waals surface area contributed by atoms with Crippen LogP contribution in [0.4, 0.5) is 11.4 Å². The van der Waals surface area contributed by atoms with Gasteiger partial charge < -0.3 is 9.80 Å². The third kappa shape index (κ3) is 2.52. The van der Waals surface area contributed by atoms with E-state index in [4.69, 9.17) is 0 Å². The van der Waals surface area contributed by atoms with Crippen LogP contribution in [0.1, 0.15) is 13.8 Å². The van der Waals surface area contributed by atoms with Gasteiger partial charge in [0.15, 0.2) is 0 Å². The normalized spacial score (nSPS) is 13.8. The fourth-order valence-corrected chi connectivity index (χ4v) is 1.95. The van der Waals surface area contributed by atoms with Gasteiger partial charge in [-0.3, -0.25) is 0 Å². The lowest BCUT2D eigenvalue weighted by Crippen LogP contribution is -2.27. The first-order valence-electron chi connectivity index (χ1n) is 5.77. The Morgan fingerprint density at radius 1 is 1.00 bits per heavy atom. The van der Waals surface area contributed by atoms with E-state index in [9.17, 15) is 0 Å². The van der Waals surface area contributed by atoms with Crippen molar-refractivity contribution >= 4 is 11.4 Å². The zero-order chi connectivity index (χ0) is 12.4. The van der Waals surface area contributed by atoms with Crippen molar-refractivity contribution in [3.63, 3.8) is 0 Å². The van der Waals surface area contributed by atoms with Gasteiger partial charge in [0.1, 0.15) is 0 Å². The molecule has 2 radical (unpaired) electrons. The number of para-hydroxylation sites is 2. The maximum atomic E-state index is 3.96. The molecule has 1 aliphatic heterocycles. The van der Waals surface area contributed by atoms with Crippen LogP contribution in [0.2, 0.25) is 0 Å². The van der Waals surface area contributed by atoms with Crippen molar-refractivity contribution in [1.82, 2.24) is 0 Å². The molecule has 0 spiro atoms. The third-order valence-electron chi connectivity index (χ3n) is 2.56. The van der Waals surface area contributed by atoms with Gasteiger partial charge in [0.05, 0.1) is 11.4 Å². The van der Waals surface area contributed by atoms with Crippen LogP contribution < -0.4 is 9.80 Å². The van der Waals surface area contributed by atoms with E-state index in [1.807, 2.05) is 13.8 Å². The predicted octanol–water partition coefficient (Wildman–Crippen LogP) is 3.46. The highest BCUT2D eigenvalue weighted by atomic mass is 15.4. The molecule has 0 aliphatic carbocycles. The van der Waals surface area contributed by atoms with Gasteiger partial charge in [-0.1, -0.05) is 36.4 Å². The van der Waals surface area contributed by atoms with Crippen molar-refractivity contribution < 1.29 is 0 Å². The van der Waals surface area contributed by atoms with Crippen molar-refractivity contribution in [1.29, 1.82) is 0 Å². The van der Waals surface area contributed by atoms with Crippen LogP contribution in [0.15, 0.2) is 48.6 Å². The fraction of sp³-hybridized carbons (Fsp3) is 0.267. The highest BCUT2D eigenvalue weighted by Gasteiger charge is 2.26. The fourth-order valence-electron chi connectivity index (χ4n) is 1.95. The van der Waals surface area contributed by atoms with Gasteiger partial charge >= 0.3 is 0 Å². The maximum absolute atomic E-state index is 3.96. The third-order valence-corrected chi connectivity index (χ3v) is 2.56. The van der Waals surface area contributed by atoms with E-state index in [2.05, 4.69) is 53.9 Å². The number of benzene rings is 1. The molecule has 0 atom stereocenters. The maximum Gasteiger partial charge on any atom is 0.209 e. The minimum absolute atomic E-state index is 0.809. The summed E-state index contributed by atoms with van der Waals surface area (Å²) in [4.78, 5) is 4.22. The Hall–Kier alpha value is -1.70. The van der Waals surface area contributed by atoms with Crippen LogP contribution in [0.3, 0.4) is 0 Å². The molecule has 0 saturated heterocycles. The Morgan fingerprint density at radius 2 is 1.41 bits per heavy atom. The average molecular weight is 226 g/mol. The van der Waals surface area contributed by atoms with Gasteiger partial charge in [0.2, 0.25) is 6.67 Å². The van der Waals surface area contributed by atoms with E-state index in [0.29, 0.717) is 0 Å². The number of anilines is 2. The molecule has 0 saturated carbocycles. The lowest BCUT2D eigenvalue weighted by Gasteiger charge is -2.19. The lowest BCUT2D eigenvalue weighted by molar-refractivity contribution is 0.911. The van der Waals surface area contributed by atoms with E-state index in [-0.39, 0.29) is 0 Å². The summed E-state index contributed by atoms with van der Waals surface area (Å²) in [5.41, 5.74) is 4.64. The molecule has 0 N–H and O–H groups in total. The SMILES string of the molecule is C=C(C)CN1[C]N(CC(=C)C)c2ccccc21. The van der Waals surface area contributed by atoms with Crippen molar-refractivity contribution in [2.45, 2.75) is 13.8 Å². The molecule has 1 heterocycles. The second-order valence-corrected chi connectivity index (χ2v) is 4.68. The first kappa shape index (κ1) is 11.8. The minimum Gasteiger partial charge on any atom is -0.336 e. The summed E-state index contributed by atoms with van der Waals surface area (Å²) in [6.45, 7) is 17.0. The molecule has 2 heteroatoms. The van der Waals surface area contributed by atoms with Gasteiger partial charge in [0.25, 0.3) is 0 Å². The van der Waals surface area contributed by atoms with Gasteiger partial charge in [-0.15, -0.1) is 0 Å². The van der Waals surface area contributed by atoms with E-state index in [1.165, 1.54) is 11.4 Å². The molecule has 0 amide bonds. The summed E-state index contributed by atoms with van der Waals surface area (Å²) in [6.07, 6.45) is 0. The Morgan fingerprint density at radius 3 is 1.76 bits per heavy atom. The number of hydrogen-bond acceptors (Lipinski definition) is 2. The van der Waals surface area contributed by atoms with Crippen LogP contribution >= 0.6 is 0 Å². The van der Waals surface area contributed by atoms with Crippen LogP contribution in [-0.2, 0) is 0 Å². The second-order valence-electron chi connectivity index (χ2n) is 4.68. The van der Waals surface area contributed by atoms with Gasteiger partial charge in [-0.2, -0.15) is 0 Å². The molecule has 0 aromatic heterocycles. The smallest absolute Gasteiger partial charge is 0.209 e. The summed E-state index contributed by atoms with van der Waals surface area (Å²) in [7, 11) is 0. The topological polar surface area (TPSA) is 6.48 Å². The highest BCUT2D eigenvalue weighted by molar-refractivity contribution is 5.79. The second kappa shape index (κ2) is 4.66. The quantitative estimate of drug-likeness (QED) is 0.725. The summed E-state index contributed by atoms with van der Waals surface area (Å²) in [5, 5.41) is 0. The molecule has 0 unspecified atom stereocenters. The largest absolute Gasteiger partial charge is 0.336 e. The average Bonchev–Trinajstić information content (AvgIpc) is 2.56. The van der Waals surface area contributed by atoms with E-state index in [1.54, 1.807) is 0 Å². The van der Waals surface area contributed by atoms with Gasteiger partial charge in [0, 0.05) is 13.1 Å². The Bertz CT molecular complexity index is 407. The summed E-state index contributed by atoms with van der Waals surface area (Å²) >= 11 is 0. The molecule has 2 nitrogen and oxygen atoms in total. The van der Waals surface area contributed by atoms with Crippen molar-refractivity contribution in [2.24, 2.45) is 0 Å². The summed E-state index contributed by atoms with van der Waals surface area (Å²) < 4.78 is 0. The number of hydrogen-bond donors (Lipinski definition) is 0. The Kier molecular flexibility index (Phi) is 3.23. The molecular formula is C15H18N2. The summed E-state index contributed by atoms with van der Waals surface area (Å²) in [6, 6.07) is 8.33. The van der Waals surface area contributed by atoms with E-state index in [0.717, 1.165) is 24.2 Å². The number of rotatable bonds is 4. The zero-order valence-corrected chi connectivity index (χ0v) is 10.5. The van der Waals surface area contributed by atoms with Crippen molar-refractivity contribution in [3.05, 3.63) is 55.2 Å². The molecule has 1 aromatic rings. The molecule has 1 aliphatic rings. The molecule has 0 bridgehead atoms. The molecular weight excluding hydrogens is 208 g/mol. The molecule has 17 heavy (non-hydrogen) atoms. The van der Waals surface area contributed by atoms with Crippen LogP contribution in [0.25, 0.3) is 0 Å². The number of nitrogens with zero attached hydrogens (tertiary/aromatic N) is 2. The highest BCUT2D eigenvalue weighted by Crippen LogP contribution is 2.38. The lowest BCUT2D eigenvalue weighted by atomic mass is 10.2. The van der Waals surface area contributed by atoms with Crippen LogP contribution in [0, 0.1) is 6.67 Å². The molecule has 2 rings (SSSR count). The first-order chi connectivity index (χ1) is 8.08. The monoisotopic (exact) mass is 226 g/mol. The standard InChI is InChI=1S/C15H18N2/c1-12(2)9-16-11-17(10-13(3)4)15-8-6-5-7-14(15)16/h5-8H,1,3,9-10H2,2,4H3. The van der Waals surface area contributed by atoms with Gasteiger partial charge in [-0.25, -0.2) is 0 Å². The molecule has 1 aromatic carbocycles. The van der Waals surface area contributed by atoms with Crippen molar-refractivity contribution in [2.75, 3.05) is 22.9 Å². The van der Waals surface area contributed by atoms with Crippen LogP contribution in [0.5, 0.6) is 0 Å². The van der Waals surface area contributed by atoms with E-state index >= 15 is 0 Å². The van der Waals surface area contributed by atoms with E-state index < -0.39 is 0 Å². The first-order valence-corrected chi connectivity index (χ1v) is 5.77. The van der Waals surface area contributed by atoms with Crippen LogP contribution in [-0.4, -0.2) is 13.1 Å². The molecule has 88 valence electrons.